The molecule has 0 amide bonds. The smallest absolute Gasteiger partial charge is 0.0822 e. The van der Waals surface area contributed by atoms with Crippen molar-refractivity contribution in [2.45, 2.75) is 77.6 Å². The zero-order valence-corrected chi connectivity index (χ0v) is 12.2. The fourth-order valence-corrected chi connectivity index (χ4v) is 1.86. The van der Waals surface area contributed by atoms with Gasteiger partial charge in [0.15, 0.2) is 0 Å². The summed E-state index contributed by atoms with van der Waals surface area (Å²) in [6.07, 6.45) is 13.2. The van der Waals surface area contributed by atoms with Crippen LogP contribution in [0.2, 0.25) is 0 Å². The molecule has 18 heavy (non-hydrogen) atoms. The molecule has 1 N–H and O–H groups in total. The lowest BCUT2D eigenvalue weighted by Crippen LogP contribution is -1.98. The molecule has 0 atom stereocenters. The quantitative estimate of drug-likeness (QED) is 0.272. The van der Waals surface area contributed by atoms with E-state index < -0.39 is 0 Å². The molecule has 0 bridgehead atoms. The van der Waals surface area contributed by atoms with Crippen LogP contribution in [0, 0.1) is 0 Å². The number of unbranched alkanes of at least 4 members (excludes halogenated alkanes) is 9. The largest absolute Gasteiger partial charge is 0.396 e. The molecule has 110 valence electrons. The summed E-state index contributed by atoms with van der Waals surface area (Å²) in [7, 11) is 0. The summed E-state index contributed by atoms with van der Waals surface area (Å²) >= 11 is 0. The number of hydrogen-bond donors (Lipinski definition) is 1. The van der Waals surface area contributed by atoms with Crippen molar-refractivity contribution in [1.82, 2.24) is 0 Å². The van der Waals surface area contributed by atoms with Gasteiger partial charge in [-0.25, -0.2) is 9.78 Å². The van der Waals surface area contributed by atoms with Gasteiger partial charge in [-0.05, 0) is 19.3 Å². The van der Waals surface area contributed by atoms with Gasteiger partial charge in [0.05, 0.1) is 13.2 Å². The van der Waals surface area contributed by atoms with E-state index in [4.69, 9.17) is 14.9 Å². The Labute approximate surface area is 113 Å². The lowest BCUT2D eigenvalue weighted by molar-refractivity contribution is -0.295. The SMILES string of the molecule is CCCCCOOCCCCCCCCCCO. The maximum Gasteiger partial charge on any atom is 0.0822 e. The molecule has 0 spiro atoms. The van der Waals surface area contributed by atoms with Crippen LogP contribution in [0.4, 0.5) is 0 Å². The van der Waals surface area contributed by atoms with Crippen LogP contribution in [0.15, 0.2) is 0 Å². The summed E-state index contributed by atoms with van der Waals surface area (Å²) in [5, 5.41) is 8.63. The molecular formula is C15H32O3. The second-order valence-corrected chi connectivity index (χ2v) is 4.90. The number of aliphatic hydroxyl groups is 1. The molecule has 3 heteroatoms. The Morgan fingerprint density at radius 2 is 1.06 bits per heavy atom. The van der Waals surface area contributed by atoms with Gasteiger partial charge in [0.25, 0.3) is 0 Å². The summed E-state index contributed by atoms with van der Waals surface area (Å²) in [5.41, 5.74) is 0. The van der Waals surface area contributed by atoms with E-state index in [1.165, 1.54) is 51.4 Å². The van der Waals surface area contributed by atoms with Crippen molar-refractivity contribution in [3.8, 4) is 0 Å². The Morgan fingerprint density at radius 1 is 0.611 bits per heavy atom. The monoisotopic (exact) mass is 260 g/mol. The van der Waals surface area contributed by atoms with Gasteiger partial charge in [-0.2, -0.15) is 0 Å². The average Bonchev–Trinajstić information content (AvgIpc) is 2.39. The summed E-state index contributed by atoms with van der Waals surface area (Å²) in [5.74, 6) is 0. The molecule has 0 saturated heterocycles. The van der Waals surface area contributed by atoms with Gasteiger partial charge in [-0.3, -0.25) is 0 Å². The van der Waals surface area contributed by atoms with Crippen molar-refractivity contribution in [1.29, 1.82) is 0 Å². The molecular weight excluding hydrogens is 228 g/mol. The molecule has 0 saturated carbocycles. The van der Waals surface area contributed by atoms with Crippen molar-refractivity contribution < 1.29 is 14.9 Å². The number of hydrogen-bond acceptors (Lipinski definition) is 3. The van der Waals surface area contributed by atoms with Gasteiger partial charge in [0.2, 0.25) is 0 Å². The third kappa shape index (κ3) is 15.9. The third-order valence-electron chi connectivity index (χ3n) is 3.05. The Balaban J connectivity index is 2.86. The van der Waals surface area contributed by atoms with Crippen molar-refractivity contribution in [2.24, 2.45) is 0 Å². The van der Waals surface area contributed by atoms with Crippen LogP contribution in [0.5, 0.6) is 0 Å². The lowest BCUT2D eigenvalue weighted by atomic mass is 10.1. The molecule has 0 fully saturated rings. The minimum atomic E-state index is 0.343. The maximum atomic E-state index is 8.63. The van der Waals surface area contributed by atoms with Gasteiger partial charge in [0, 0.05) is 6.61 Å². The Kier molecular flexibility index (Phi) is 16.8. The zero-order valence-electron chi connectivity index (χ0n) is 12.2. The second-order valence-electron chi connectivity index (χ2n) is 4.90. The Hall–Kier alpha value is -0.120. The van der Waals surface area contributed by atoms with Crippen LogP contribution >= 0.6 is 0 Å². The summed E-state index contributed by atoms with van der Waals surface area (Å²) < 4.78 is 0. The van der Waals surface area contributed by atoms with Gasteiger partial charge < -0.3 is 5.11 Å². The molecule has 0 heterocycles. The average molecular weight is 260 g/mol. The van der Waals surface area contributed by atoms with Crippen LogP contribution in [-0.4, -0.2) is 24.9 Å². The molecule has 0 unspecified atom stereocenters. The Morgan fingerprint density at radius 3 is 1.56 bits per heavy atom. The molecule has 0 aliphatic carbocycles. The van der Waals surface area contributed by atoms with Gasteiger partial charge in [-0.15, -0.1) is 0 Å². The molecule has 3 nitrogen and oxygen atoms in total. The van der Waals surface area contributed by atoms with Gasteiger partial charge >= 0.3 is 0 Å². The highest BCUT2D eigenvalue weighted by atomic mass is 17.2. The van der Waals surface area contributed by atoms with Crippen LogP contribution in [0.3, 0.4) is 0 Å². The maximum absolute atomic E-state index is 8.63. The molecule has 0 aliphatic heterocycles. The van der Waals surface area contributed by atoms with Crippen molar-refractivity contribution in [3.05, 3.63) is 0 Å². The Bertz CT molecular complexity index is 124. The van der Waals surface area contributed by atoms with Crippen LogP contribution in [-0.2, 0) is 9.78 Å². The highest BCUT2D eigenvalue weighted by Gasteiger charge is 1.93. The molecule has 0 rings (SSSR count). The predicted octanol–water partition coefficient (Wildman–Crippen LogP) is 4.24. The van der Waals surface area contributed by atoms with Crippen molar-refractivity contribution >= 4 is 0 Å². The first-order valence-corrected chi connectivity index (χ1v) is 7.77. The van der Waals surface area contributed by atoms with E-state index in [0.29, 0.717) is 6.61 Å². The zero-order chi connectivity index (χ0) is 13.3. The number of rotatable bonds is 15. The van der Waals surface area contributed by atoms with Gasteiger partial charge in [-0.1, -0.05) is 58.3 Å². The third-order valence-corrected chi connectivity index (χ3v) is 3.05. The van der Waals surface area contributed by atoms with Crippen molar-refractivity contribution in [3.63, 3.8) is 0 Å². The van der Waals surface area contributed by atoms with E-state index in [0.717, 1.165) is 32.5 Å². The molecule has 0 aromatic carbocycles. The van der Waals surface area contributed by atoms with E-state index in [-0.39, 0.29) is 0 Å². The number of aliphatic hydroxyl groups excluding tert-OH is 1. The molecule has 0 aliphatic rings. The highest BCUT2D eigenvalue weighted by molar-refractivity contribution is 4.46. The van der Waals surface area contributed by atoms with E-state index >= 15 is 0 Å². The molecule has 0 radical (unpaired) electrons. The first-order valence-electron chi connectivity index (χ1n) is 7.77. The van der Waals surface area contributed by atoms with E-state index in [9.17, 15) is 0 Å². The first kappa shape index (κ1) is 17.9. The topological polar surface area (TPSA) is 38.7 Å². The second kappa shape index (κ2) is 16.9. The fourth-order valence-electron chi connectivity index (χ4n) is 1.86. The molecule has 0 aromatic heterocycles. The van der Waals surface area contributed by atoms with E-state index in [2.05, 4.69) is 6.92 Å². The highest BCUT2D eigenvalue weighted by Crippen LogP contribution is 2.08. The molecule has 0 aromatic rings. The summed E-state index contributed by atoms with van der Waals surface area (Å²) in [6.45, 7) is 4.00. The standard InChI is InChI=1S/C15H32O3/c1-2-3-11-14-17-18-15-12-9-7-5-4-6-8-10-13-16/h16H,2-15H2,1H3. The van der Waals surface area contributed by atoms with Crippen molar-refractivity contribution in [2.75, 3.05) is 19.8 Å². The van der Waals surface area contributed by atoms with E-state index in [1.807, 2.05) is 0 Å². The predicted molar refractivity (Wildman–Crippen MR) is 75.5 cm³/mol. The minimum absolute atomic E-state index is 0.343. The lowest BCUT2D eigenvalue weighted by Gasteiger charge is -2.04. The van der Waals surface area contributed by atoms with Gasteiger partial charge in [0.1, 0.15) is 0 Å². The minimum Gasteiger partial charge on any atom is -0.396 e. The van der Waals surface area contributed by atoms with Crippen LogP contribution < -0.4 is 0 Å². The van der Waals surface area contributed by atoms with E-state index in [1.54, 1.807) is 0 Å². The van der Waals surface area contributed by atoms with Crippen LogP contribution in [0.1, 0.15) is 77.6 Å². The fraction of sp³-hybridized carbons (Fsp3) is 1.00. The first-order chi connectivity index (χ1) is 8.91. The van der Waals surface area contributed by atoms with Crippen LogP contribution in [0.25, 0.3) is 0 Å². The normalized spacial score (nSPS) is 11.0. The summed E-state index contributed by atoms with van der Waals surface area (Å²) in [4.78, 5) is 10.2. The summed E-state index contributed by atoms with van der Waals surface area (Å²) in [6, 6.07) is 0.